The Morgan fingerprint density at radius 2 is 1.23 bits per heavy atom. The van der Waals surface area contributed by atoms with Crippen molar-refractivity contribution in [2.45, 2.75) is 0 Å². The van der Waals surface area contributed by atoms with Gasteiger partial charge >= 0.3 is 11.9 Å². The van der Waals surface area contributed by atoms with E-state index in [1.807, 2.05) is 36.7 Å². The molecule has 0 spiro atoms. The smallest absolute Gasteiger partial charge is 0.414 e. The van der Waals surface area contributed by atoms with Crippen LogP contribution < -0.4 is 5.32 Å². The van der Waals surface area contributed by atoms with Crippen LogP contribution in [-0.4, -0.2) is 22.2 Å². The lowest BCUT2D eigenvalue weighted by Gasteiger charge is -1.79. The second-order valence-electron chi connectivity index (χ2n) is 1.88. The van der Waals surface area contributed by atoms with E-state index in [2.05, 4.69) is 5.32 Å². The van der Waals surface area contributed by atoms with Crippen molar-refractivity contribution >= 4 is 11.9 Å². The van der Waals surface area contributed by atoms with Gasteiger partial charge < -0.3 is 15.5 Å². The van der Waals surface area contributed by atoms with Crippen LogP contribution in [0.2, 0.25) is 0 Å². The standard InChI is InChI=1S/C6H7N.C2H2O4/c1-2-4-6-7-5-3-1;3-1(4)2(5)6/h1-7H;(H,3,4)(H,5,6). The van der Waals surface area contributed by atoms with E-state index in [0.717, 1.165) is 0 Å². The molecule has 70 valence electrons. The summed E-state index contributed by atoms with van der Waals surface area (Å²) in [5.41, 5.74) is 0. The molecule has 0 radical (unpaired) electrons. The lowest BCUT2D eigenvalue weighted by molar-refractivity contribution is -0.159. The largest absolute Gasteiger partial charge is 0.473 e. The maximum Gasteiger partial charge on any atom is 0.414 e. The van der Waals surface area contributed by atoms with Gasteiger partial charge in [0.1, 0.15) is 0 Å². The number of aliphatic carboxylic acids is 2. The van der Waals surface area contributed by atoms with E-state index in [1.54, 1.807) is 0 Å². The van der Waals surface area contributed by atoms with Gasteiger partial charge in [0.05, 0.1) is 0 Å². The SMILES string of the molecule is C1=CC=CNC=C1.O=C(O)C(=O)O. The summed E-state index contributed by atoms with van der Waals surface area (Å²) in [6.45, 7) is 0. The average molecular weight is 183 g/mol. The molecule has 0 amide bonds. The molecule has 1 heterocycles. The summed E-state index contributed by atoms with van der Waals surface area (Å²) < 4.78 is 0. The molecular formula is C8H9NO4. The zero-order valence-corrected chi connectivity index (χ0v) is 6.68. The average Bonchev–Trinajstić information content (AvgIpc) is 2.35. The summed E-state index contributed by atoms with van der Waals surface area (Å²) in [6.07, 6.45) is 11.6. The van der Waals surface area contributed by atoms with Crippen molar-refractivity contribution in [3.63, 3.8) is 0 Å². The Kier molecular flexibility index (Phi) is 5.61. The normalized spacial score (nSPS) is 12.0. The first-order valence-corrected chi connectivity index (χ1v) is 3.35. The summed E-state index contributed by atoms with van der Waals surface area (Å²) in [7, 11) is 0. The number of nitrogens with one attached hydrogen (secondary N) is 1. The molecule has 1 rings (SSSR count). The Bertz CT molecular complexity index is 239. The second kappa shape index (κ2) is 6.66. The van der Waals surface area contributed by atoms with Gasteiger partial charge in [0.15, 0.2) is 0 Å². The van der Waals surface area contributed by atoms with Crippen LogP contribution >= 0.6 is 0 Å². The first-order valence-electron chi connectivity index (χ1n) is 3.35. The van der Waals surface area contributed by atoms with Gasteiger partial charge in [-0.15, -0.1) is 0 Å². The molecule has 3 N–H and O–H groups in total. The van der Waals surface area contributed by atoms with Crippen LogP contribution in [0.1, 0.15) is 0 Å². The van der Waals surface area contributed by atoms with Gasteiger partial charge in [0, 0.05) is 12.4 Å². The van der Waals surface area contributed by atoms with Crippen LogP contribution in [0.5, 0.6) is 0 Å². The van der Waals surface area contributed by atoms with Crippen LogP contribution in [0.4, 0.5) is 0 Å². The van der Waals surface area contributed by atoms with Crippen LogP contribution in [-0.2, 0) is 9.59 Å². The minimum Gasteiger partial charge on any atom is -0.473 e. The molecule has 0 saturated heterocycles. The molecule has 0 aliphatic carbocycles. The fourth-order valence-corrected chi connectivity index (χ4v) is 0.406. The predicted molar refractivity (Wildman–Crippen MR) is 45.8 cm³/mol. The lowest BCUT2D eigenvalue weighted by Crippen LogP contribution is -2.09. The third-order valence-electron chi connectivity index (χ3n) is 0.901. The molecule has 0 bridgehead atoms. The van der Waals surface area contributed by atoms with Crippen molar-refractivity contribution in [3.05, 3.63) is 36.7 Å². The summed E-state index contributed by atoms with van der Waals surface area (Å²) in [5.74, 6) is -3.65. The van der Waals surface area contributed by atoms with E-state index in [9.17, 15) is 0 Å². The van der Waals surface area contributed by atoms with Crippen molar-refractivity contribution in [2.75, 3.05) is 0 Å². The molecule has 0 unspecified atom stereocenters. The number of carbonyl (C=O) groups is 2. The number of allylic oxidation sites excluding steroid dienone is 4. The fourth-order valence-electron chi connectivity index (χ4n) is 0.406. The Balaban J connectivity index is 0.000000226. The van der Waals surface area contributed by atoms with Gasteiger partial charge in [-0.1, -0.05) is 12.2 Å². The molecule has 0 aromatic carbocycles. The molecule has 0 saturated carbocycles. The van der Waals surface area contributed by atoms with Crippen molar-refractivity contribution in [2.24, 2.45) is 0 Å². The number of hydrogen-bond acceptors (Lipinski definition) is 3. The fraction of sp³-hybridized carbons (Fsp3) is 0. The molecule has 0 fully saturated rings. The van der Waals surface area contributed by atoms with Crippen LogP contribution in [0, 0.1) is 0 Å². The predicted octanol–water partition coefficient (Wildman–Crippen LogP) is 0.329. The van der Waals surface area contributed by atoms with Crippen LogP contribution in [0.25, 0.3) is 0 Å². The van der Waals surface area contributed by atoms with E-state index >= 15 is 0 Å². The maximum absolute atomic E-state index is 9.10. The number of carboxylic acids is 2. The minimum atomic E-state index is -1.82. The summed E-state index contributed by atoms with van der Waals surface area (Å²) in [5, 5.41) is 17.7. The zero-order chi connectivity index (χ0) is 10.1. The van der Waals surface area contributed by atoms with Gasteiger partial charge in [0.2, 0.25) is 0 Å². The third-order valence-corrected chi connectivity index (χ3v) is 0.901. The van der Waals surface area contributed by atoms with E-state index in [1.165, 1.54) is 0 Å². The molecular weight excluding hydrogens is 174 g/mol. The first-order chi connectivity index (χ1) is 6.14. The molecule has 0 aromatic heterocycles. The van der Waals surface area contributed by atoms with Crippen molar-refractivity contribution in [1.29, 1.82) is 0 Å². The number of carboxylic acid groups (broad SMARTS) is 2. The Labute approximate surface area is 74.7 Å². The highest BCUT2D eigenvalue weighted by Gasteiger charge is 2.04. The summed E-state index contributed by atoms with van der Waals surface area (Å²) in [6, 6.07) is 0. The Morgan fingerprint density at radius 1 is 0.846 bits per heavy atom. The van der Waals surface area contributed by atoms with Gasteiger partial charge in [0.25, 0.3) is 0 Å². The number of rotatable bonds is 0. The second-order valence-corrected chi connectivity index (χ2v) is 1.88. The monoisotopic (exact) mass is 183 g/mol. The molecule has 13 heavy (non-hydrogen) atoms. The molecule has 5 nitrogen and oxygen atoms in total. The highest BCUT2D eigenvalue weighted by molar-refractivity contribution is 6.27. The maximum atomic E-state index is 9.10. The first kappa shape index (κ1) is 11.0. The topological polar surface area (TPSA) is 86.6 Å². The Hall–Kier alpha value is -2.04. The van der Waals surface area contributed by atoms with Gasteiger partial charge in [-0.05, 0) is 12.2 Å². The van der Waals surface area contributed by atoms with E-state index in [4.69, 9.17) is 19.8 Å². The van der Waals surface area contributed by atoms with E-state index in [-0.39, 0.29) is 0 Å². The van der Waals surface area contributed by atoms with Gasteiger partial charge in [-0.25, -0.2) is 9.59 Å². The van der Waals surface area contributed by atoms with E-state index in [0.29, 0.717) is 0 Å². The summed E-state index contributed by atoms with van der Waals surface area (Å²) in [4.78, 5) is 18.2. The van der Waals surface area contributed by atoms with Crippen LogP contribution in [0.15, 0.2) is 36.7 Å². The van der Waals surface area contributed by atoms with Crippen molar-refractivity contribution < 1.29 is 19.8 Å². The highest BCUT2D eigenvalue weighted by Crippen LogP contribution is 1.81. The molecule has 0 atom stereocenters. The summed E-state index contributed by atoms with van der Waals surface area (Å²) >= 11 is 0. The quantitative estimate of drug-likeness (QED) is 0.471. The van der Waals surface area contributed by atoms with Gasteiger partial charge in [-0.3, -0.25) is 0 Å². The number of hydrogen-bond donors (Lipinski definition) is 3. The van der Waals surface area contributed by atoms with Crippen molar-refractivity contribution in [3.8, 4) is 0 Å². The van der Waals surface area contributed by atoms with Crippen molar-refractivity contribution in [1.82, 2.24) is 5.32 Å². The Morgan fingerprint density at radius 3 is 1.54 bits per heavy atom. The lowest BCUT2D eigenvalue weighted by atomic mass is 10.5. The molecule has 1 aliphatic rings. The minimum absolute atomic E-state index is 1.82. The van der Waals surface area contributed by atoms with Crippen LogP contribution in [0.3, 0.4) is 0 Å². The zero-order valence-electron chi connectivity index (χ0n) is 6.68. The van der Waals surface area contributed by atoms with Gasteiger partial charge in [-0.2, -0.15) is 0 Å². The third kappa shape index (κ3) is 7.86. The molecule has 0 aromatic rings. The van der Waals surface area contributed by atoms with E-state index < -0.39 is 11.9 Å². The highest BCUT2D eigenvalue weighted by atomic mass is 16.4. The molecule has 5 heteroatoms. The molecule has 1 aliphatic heterocycles.